The van der Waals surface area contributed by atoms with Crippen molar-refractivity contribution in [3.05, 3.63) is 30.3 Å². The topological polar surface area (TPSA) is 97.0 Å². The van der Waals surface area contributed by atoms with E-state index in [1.54, 1.807) is 6.92 Å². The lowest BCUT2D eigenvalue weighted by atomic mass is 9.77. The maximum atomic E-state index is 13.9. The van der Waals surface area contributed by atoms with Crippen LogP contribution in [-0.2, 0) is 14.4 Å². The number of para-hydroxylation sites is 1. The van der Waals surface area contributed by atoms with Gasteiger partial charge in [0.15, 0.2) is 0 Å². The maximum Gasteiger partial charge on any atom is 0.405 e. The number of benzene rings is 1. The second-order valence-electron chi connectivity index (χ2n) is 10.9. The standard InChI is InChI=1S/C26H35F3N6O3/c1-17-34(15-22(36)30-16-26(27,28)29)24(38)25(35(17)20-5-3-2-4-6-20)9-11-33(12-10-25)23(37)18-7-8-21-19(13-18)14-31-32-21/h2-6,17-19,21,31-32H,7-16H2,1H3,(H,30,36). The number of alkyl halides is 3. The first-order chi connectivity index (χ1) is 18.1. The van der Waals surface area contributed by atoms with Gasteiger partial charge in [0, 0.05) is 37.3 Å². The van der Waals surface area contributed by atoms with E-state index in [1.807, 2.05) is 45.4 Å². The van der Waals surface area contributed by atoms with E-state index in [9.17, 15) is 27.6 Å². The van der Waals surface area contributed by atoms with Crippen molar-refractivity contribution in [1.82, 2.24) is 26.0 Å². The molecule has 12 heteroatoms. The van der Waals surface area contributed by atoms with Crippen LogP contribution in [0.3, 0.4) is 0 Å². The number of likely N-dealkylation sites (tertiary alicyclic amines) is 1. The molecule has 4 aliphatic rings. The lowest BCUT2D eigenvalue weighted by Gasteiger charge is -2.45. The number of nitrogens with zero attached hydrogens (tertiary/aromatic N) is 3. The van der Waals surface area contributed by atoms with E-state index in [-0.39, 0.29) is 17.7 Å². The molecule has 4 atom stereocenters. The summed E-state index contributed by atoms with van der Waals surface area (Å²) < 4.78 is 37.8. The van der Waals surface area contributed by atoms with Crippen molar-refractivity contribution in [2.75, 3.05) is 37.6 Å². The van der Waals surface area contributed by atoms with Crippen LogP contribution in [0.4, 0.5) is 18.9 Å². The number of hydrogen-bond donors (Lipinski definition) is 3. The average Bonchev–Trinajstić information content (AvgIpc) is 3.45. The van der Waals surface area contributed by atoms with Gasteiger partial charge >= 0.3 is 6.18 Å². The largest absolute Gasteiger partial charge is 0.405 e. The lowest BCUT2D eigenvalue weighted by molar-refractivity contribution is -0.144. The van der Waals surface area contributed by atoms with Crippen LogP contribution < -0.4 is 21.1 Å². The summed E-state index contributed by atoms with van der Waals surface area (Å²) in [5.74, 6) is -0.585. The van der Waals surface area contributed by atoms with E-state index in [1.165, 1.54) is 4.90 Å². The number of fused-ring (bicyclic) bond motifs is 1. The summed E-state index contributed by atoms with van der Waals surface area (Å²) in [4.78, 5) is 44.9. The van der Waals surface area contributed by atoms with Gasteiger partial charge in [-0.25, -0.2) is 0 Å². The number of piperidine rings is 1. The molecular formula is C26H35F3N6O3. The quantitative estimate of drug-likeness (QED) is 0.529. The Morgan fingerprint density at radius 2 is 1.84 bits per heavy atom. The monoisotopic (exact) mass is 536 g/mol. The summed E-state index contributed by atoms with van der Waals surface area (Å²) in [5, 5.41) is 1.87. The van der Waals surface area contributed by atoms with Gasteiger partial charge in [-0.3, -0.25) is 25.2 Å². The molecular weight excluding hydrogens is 501 g/mol. The van der Waals surface area contributed by atoms with E-state index >= 15 is 0 Å². The molecule has 3 heterocycles. The molecule has 3 amide bonds. The van der Waals surface area contributed by atoms with Crippen LogP contribution in [-0.4, -0.2) is 84.2 Å². The first-order valence-corrected chi connectivity index (χ1v) is 13.4. The summed E-state index contributed by atoms with van der Waals surface area (Å²) >= 11 is 0. The Hall–Kier alpha value is -2.86. The van der Waals surface area contributed by atoms with Crippen molar-refractivity contribution >= 4 is 23.4 Å². The smallest absolute Gasteiger partial charge is 0.345 e. The number of hydrazine groups is 1. The minimum Gasteiger partial charge on any atom is -0.345 e. The number of carbonyl (C=O) groups is 3. The third-order valence-electron chi connectivity index (χ3n) is 8.66. The molecule has 3 N–H and O–H groups in total. The van der Waals surface area contributed by atoms with Crippen LogP contribution >= 0.6 is 0 Å². The zero-order valence-electron chi connectivity index (χ0n) is 21.5. The SMILES string of the molecule is CC1N(CC(=O)NCC(F)(F)F)C(=O)C2(CCN(C(=O)C3CCC4NNCC4C3)CC2)N1c1ccccc1. The van der Waals surface area contributed by atoms with Crippen molar-refractivity contribution in [2.24, 2.45) is 11.8 Å². The van der Waals surface area contributed by atoms with Gasteiger partial charge in [-0.1, -0.05) is 18.2 Å². The van der Waals surface area contributed by atoms with Gasteiger partial charge in [-0.05, 0) is 57.1 Å². The Balaban J connectivity index is 1.31. The van der Waals surface area contributed by atoms with Crippen molar-refractivity contribution in [1.29, 1.82) is 0 Å². The Morgan fingerprint density at radius 3 is 2.53 bits per heavy atom. The third-order valence-corrected chi connectivity index (χ3v) is 8.66. The molecule has 4 fully saturated rings. The lowest BCUT2D eigenvalue weighted by Crippen LogP contribution is -2.58. The predicted octanol–water partition coefficient (Wildman–Crippen LogP) is 1.61. The second-order valence-corrected chi connectivity index (χ2v) is 10.9. The number of hydrogen-bond acceptors (Lipinski definition) is 6. The van der Waals surface area contributed by atoms with Crippen molar-refractivity contribution < 1.29 is 27.6 Å². The van der Waals surface area contributed by atoms with Crippen LogP contribution in [0.15, 0.2) is 30.3 Å². The summed E-state index contributed by atoms with van der Waals surface area (Å²) in [7, 11) is 0. The first-order valence-electron chi connectivity index (χ1n) is 13.4. The highest BCUT2D eigenvalue weighted by Gasteiger charge is 2.57. The Morgan fingerprint density at radius 1 is 1.13 bits per heavy atom. The van der Waals surface area contributed by atoms with Crippen molar-refractivity contribution in [3.63, 3.8) is 0 Å². The zero-order valence-corrected chi connectivity index (χ0v) is 21.5. The molecule has 5 rings (SSSR count). The molecule has 1 aromatic carbocycles. The molecule has 3 saturated heterocycles. The van der Waals surface area contributed by atoms with Crippen LogP contribution in [0.2, 0.25) is 0 Å². The van der Waals surface area contributed by atoms with Gasteiger partial charge in [0.2, 0.25) is 11.8 Å². The molecule has 3 aliphatic heterocycles. The predicted molar refractivity (Wildman–Crippen MR) is 133 cm³/mol. The molecule has 0 radical (unpaired) electrons. The number of carbonyl (C=O) groups excluding carboxylic acids is 3. The van der Waals surface area contributed by atoms with Crippen LogP contribution in [0.1, 0.15) is 39.0 Å². The number of amides is 3. The van der Waals surface area contributed by atoms with Gasteiger partial charge in [-0.2, -0.15) is 13.2 Å². The van der Waals surface area contributed by atoms with Crippen molar-refractivity contribution in [3.8, 4) is 0 Å². The molecule has 1 aliphatic carbocycles. The minimum atomic E-state index is -4.53. The van der Waals surface area contributed by atoms with Crippen LogP contribution in [0, 0.1) is 11.8 Å². The number of rotatable bonds is 5. The summed E-state index contributed by atoms with van der Waals surface area (Å²) in [6.45, 7) is 1.57. The summed E-state index contributed by atoms with van der Waals surface area (Å²) in [5.41, 5.74) is 6.30. The van der Waals surface area contributed by atoms with E-state index in [4.69, 9.17) is 0 Å². The number of halogens is 3. The Labute approximate surface area is 220 Å². The van der Waals surface area contributed by atoms with Gasteiger partial charge in [0.05, 0.1) is 0 Å². The van der Waals surface area contributed by atoms with Gasteiger partial charge < -0.3 is 20.0 Å². The normalized spacial score (nSPS) is 29.1. The van der Waals surface area contributed by atoms with Crippen LogP contribution in [0.5, 0.6) is 0 Å². The van der Waals surface area contributed by atoms with Gasteiger partial charge in [0.1, 0.15) is 24.8 Å². The highest BCUT2D eigenvalue weighted by atomic mass is 19.4. The summed E-state index contributed by atoms with van der Waals surface area (Å²) in [6.07, 6.45) is -1.66. The van der Waals surface area contributed by atoms with E-state index < -0.39 is 36.9 Å². The Kier molecular flexibility index (Phi) is 7.29. The zero-order chi connectivity index (χ0) is 27.1. The first kappa shape index (κ1) is 26.7. The van der Waals surface area contributed by atoms with E-state index in [2.05, 4.69) is 10.9 Å². The molecule has 1 saturated carbocycles. The number of nitrogens with one attached hydrogen (secondary N) is 3. The second kappa shape index (κ2) is 10.4. The molecule has 0 aromatic heterocycles. The molecule has 0 bridgehead atoms. The molecule has 4 unspecified atom stereocenters. The van der Waals surface area contributed by atoms with E-state index in [0.29, 0.717) is 37.9 Å². The minimum absolute atomic E-state index is 0.0238. The molecule has 1 spiro atoms. The molecule has 1 aromatic rings. The fourth-order valence-corrected chi connectivity index (χ4v) is 6.74. The fourth-order valence-electron chi connectivity index (χ4n) is 6.74. The molecule has 208 valence electrons. The molecule has 9 nitrogen and oxygen atoms in total. The van der Waals surface area contributed by atoms with Gasteiger partial charge in [0.25, 0.3) is 5.91 Å². The van der Waals surface area contributed by atoms with Crippen molar-refractivity contribution in [2.45, 2.75) is 63.0 Å². The fraction of sp³-hybridized carbons (Fsp3) is 0.654. The number of anilines is 1. The maximum absolute atomic E-state index is 13.9. The van der Waals surface area contributed by atoms with E-state index in [0.717, 1.165) is 31.5 Å². The molecule has 38 heavy (non-hydrogen) atoms. The Bertz CT molecular complexity index is 1050. The highest BCUT2D eigenvalue weighted by Crippen LogP contribution is 2.43. The average molecular weight is 537 g/mol. The van der Waals surface area contributed by atoms with Crippen LogP contribution in [0.25, 0.3) is 0 Å². The highest BCUT2D eigenvalue weighted by molar-refractivity contribution is 5.97. The van der Waals surface area contributed by atoms with Gasteiger partial charge in [-0.15, -0.1) is 0 Å². The third kappa shape index (κ3) is 5.07. The summed E-state index contributed by atoms with van der Waals surface area (Å²) in [6, 6.07) is 9.78.